The zero-order valence-corrected chi connectivity index (χ0v) is 19.7. The highest BCUT2D eigenvalue weighted by molar-refractivity contribution is 7.98. The smallest absolute Gasteiger partial charge is 0.257 e. The lowest BCUT2D eigenvalue weighted by atomic mass is 10.1. The molecular formula is C23H30N2O4S2. The van der Waals surface area contributed by atoms with Gasteiger partial charge >= 0.3 is 0 Å². The molecule has 2 aromatic carbocycles. The first-order valence-corrected chi connectivity index (χ1v) is 13.1. The van der Waals surface area contributed by atoms with Gasteiger partial charge in [-0.2, -0.15) is 11.8 Å². The zero-order chi connectivity index (χ0) is 22.3. The second-order valence-electron chi connectivity index (χ2n) is 7.65. The van der Waals surface area contributed by atoms with Crippen LogP contribution in [0.5, 0.6) is 5.75 Å². The fraction of sp³-hybridized carbons (Fsp3) is 0.435. The Morgan fingerprint density at radius 2 is 1.90 bits per heavy atom. The van der Waals surface area contributed by atoms with Crippen molar-refractivity contribution in [3.63, 3.8) is 0 Å². The number of piperidine rings is 1. The molecule has 0 atom stereocenters. The van der Waals surface area contributed by atoms with Crippen molar-refractivity contribution in [2.45, 2.75) is 36.8 Å². The van der Waals surface area contributed by atoms with Crippen LogP contribution >= 0.6 is 11.8 Å². The summed E-state index contributed by atoms with van der Waals surface area (Å²) in [6.07, 6.45) is 3.04. The van der Waals surface area contributed by atoms with Crippen LogP contribution in [0.3, 0.4) is 0 Å². The number of nitrogens with zero attached hydrogens (tertiary/aromatic N) is 1. The van der Waals surface area contributed by atoms with Gasteiger partial charge in [-0.15, -0.1) is 0 Å². The summed E-state index contributed by atoms with van der Waals surface area (Å²) in [5, 5.41) is 0. The molecule has 0 bridgehead atoms. The van der Waals surface area contributed by atoms with Gasteiger partial charge in [-0.05, 0) is 49.9 Å². The second kappa shape index (κ2) is 11.0. The molecule has 0 saturated carbocycles. The Hall–Kier alpha value is -2.03. The number of likely N-dealkylation sites (tertiary alicyclic amines) is 1. The quantitative estimate of drug-likeness (QED) is 0.573. The number of amides is 1. The van der Waals surface area contributed by atoms with Crippen molar-refractivity contribution < 1.29 is 17.9 Å². The molecule has 0 aromatic heterocycles. The first-order valence-electron chi connectivity index (χ1n) is 10.5. The lowest BCUT2D eigenvalue weighted by Gasteiger charge is -2.27. The number of aryl methyl sites for hydroxylation is 1. The third-order valence-corrected chi connectivity index (χ3v) is 7.73. The Kier molecular flexibility index (Phi) is 8.40. The van der Waals surface area contributed by atoms with Crippen LogP contribution in [-0.2, 0) is 15.8 Å². The fourth-order valence-electron chi connectivity index (χ4n) is 3.61. The van der Waals surface area contributed by atoms with Crippen molar-refractivity contribution in [3.8, 4) is 5.75 Å². The molecule has 0 aliphatic carbocycles. The number of rotatable bonds is 9. The molecule has 0 spiro atoms. The summed E-state index contributed by atoms with van der Waals surface area (Å²) in [6, 6.07) is 12.8. The summed E-state index contributed by atoms with van der Waals surface area (Å²) in [5.41, 5.74) is 2.73. The van der Waals surface area contributed by atoms with E-state index in [-0.39, 0.29) is 10.8 Å². The van der Waals surface area contributed by atoms with E-state index >= 15 is 0 Å². The van der Waals surface area contributed by atoms with Crippen molar-refractivity contribution in [1.82, 2.24) is 9.62 Å². The lowest BCUT2D eigenvalue weighted by Crippen LogP contribution is -2.36. The third kappa shape index (κ3) is 6.48. The highest BCUT2D eigenvalue weighted by Gasteiger charge is 2.24. The molecule has 0 radical (unpaired) electrons. The summed E-state index contributed by atoms with van der Waals surface area (Å²) in [5.74, 6) is 1.70. The molecule has 1 fully saturated rings. The summed E-state index contributed by atoms with van der Waals surface area (Å²) in [7, 11) is -2.23. The van der Waals surface area contributed by atoms with Gasteiger partial charge in [-0.3, -0.25) is 4.79 Å². The van der Waals surface area contributed by atoms with Crippen molar-refractivity contribution >= 4 is 27.7 Å². The predicted molar refractivity (Wildman–Crippen MR) is 125 cm³/mol. The molecule has 2 aromatic rings. The minimum absolute atomic E-state index is 0.0809. The molecule has 6 nitrogen and oxygen atoms in total. The monoisotopic (exact) mass is 462 g/mol. The molecule has 1 N–H and O–H groups in total. The van der Waals surface area contributed by atoms with Crippen LogP contribution in [0.15, 0.2) is 47.4 Å². The normalized spacial score (nSPS) is 14.5. The number of carbonyl (C=O) groups is 1. The van der Waals surface area contributed by atoms with Crippen LogP contribution < -0.4 is 9.46 Å². The van der Waals surface area contributed by atoms with E-state index in [0.29, 0.717) is 36.7 Å². The number of thioether (sulfide) groups is 1. The van der Waals surface area contributed by atoms with Gasteiger partial charge in [0, 0.05) is 31.1 Å². The van der Waals surface area contributed by atoms with Gasteiger partial charge < -0.3 is 9.64 Å². The molecule has 31 heavy (non-hydrogen) atoms. The van der Waals surface area contributed by atoms with E-state index in [1.807, 2.05) is 6.07 Å². The lowest BCUT2D eigenvalue weighted by molar-refractivity contribution is 0.0720. The predicted octanol–water partition coefficient (Wildman–Crippen LogP) is 3.84. The summed E-state index contributed by atoms with van der Waals surface area (Å²) < 4.78 is 33.5. The SMILES string of the molecule is COc1ccc(S(=O)(=O)NCCSCc2cccc(C)c2)cc1C(=O)N1CCCCC1. The Morgan fingerprint density at radius 1 is 1.13 bits per heavy atom. The number of nitrogens with one attached hydrogen (secondary N) is 1. The van der Waals surface area contributed by atoms with E-state index in [2.05, 4.69) is 29.8 Å². The van der Waals surface area contributed by atoms with Crippen molar-refractivity contribution in [2.75, 3.05) is 32.5 Å². The van der Waals surface area contributed by atoms with Crippen LogP contribution in [0.4, 0.5) is 0 Å². The van der Waals surface area contributed by atoms with Crippen LogP contribution in [-0.4, -0.2) is 51.7 Å². The van der Waals surface area contributed by atoms with Gasteiger partial charge in [0.25, 0.3) is 5.91 Å². The summed E-state index contributed by atoms with van der Waals surface area (Å²) in [6.45, 7) is 3.76. The maximum absolute atomic E-state index is 12.9. The van der Waals surface area contributed by atoms with E-state index < -0.39 is 10.0 Å². The Balaban J connectivity index is 1.61. The molecule has 168 valence electrons. The van der Waals surface area contributed by atoms with Gasteiger partial charge in [-0.1, -0.05) is 29.8 Å². The summed E-state index contributed by atoms with van der Waals surface area (Å²) >= 11 is 1.68. The Bertz CT molecular complexity index is 1000. The number of carbonyl (C=O) groups excluding carboxylic acids is 1. The van der Waals surface area contributed by atoms with Crippen LogP contribution in [0.2, 0.25) is 0 Å². The average molecular weight is 463 g/mol. The molecule has 0 unspecified atom stereocenters. The van der Waals surface area contributed by atoms with Crippen molar-refractivity contribution in [2.24, 2.45) is 0 Å². The topological polar surface area (TPSA) is 75.7 Å². The molecule has 1 saturated heterocycles. The van der Waals surface area contributed by atoms with E-state index in [1.54, 1.807) is 22.7 Å². The van der Waals surface area contributed by atoms with E-state index in [9.17, 15) is 13.2 Å². The number of sulfonamides is 1. The first kappa shape index (κ1) is 23.6. The number of ether oxygens (including phenoxy) is 1. The maximum Gasteiger partial charge on any atom is 0.257 e. The van der Waals surface area contributed by atoms with Gasteiger partial charge in [0.05, 0.1) is 17.6 Å². The van der Waals surface area contributed by atoms with Crippen molar-refractivity contribution in [3.05, 3.63) is 59.2 Å². The fourth-order valence-corrected chi connectivity index (χ4v) is 5.61. The molecule has 8 heteroatoms. The average Bonchev–Trinajstić information content (AvgIpc) is 2.78. The van der Waals surface area contributed by atoms with Crippen LogP contribution in [0, 0.1) is 6.92 Å². The highest BCUT2D eigenvalue weighted by Crippen LogP contribution is 2.25. The standard InChI is InChI=1S/C23H30N2O4S2/c1-18-7-6-8-19(15-18)17-30-14-11-24-31(27,28)20-9-10-22(29-2)21(16-20)23(26)25-12-4-3-5-13-25/h6-10,15-16,24H,3-5,11-14,17H2,1-2H3. The number of methoxy groups -OCH3 is 1. The molecule has 3 rings (SSSR count). The largest absolute Gasteiger partial charge is 0.496 e. The van der Waals surface area contributed by atoms with E-state index in [4.69, 9.17) is 4.74 Å². The van der Waals surface area contributed by atoms with Crippen molar-refractivity contribution in [1.29, 1.82) is 0 Å². The molecule has 1 aliphatic rings. The minimum Gasteiger partial charge on any atom is -0.496 e. The van der Waals surface area contributed by atoms with Gasteiger partial charge in [-0.25, -0.2) is 13.1 Å². The molecule has 1 heterocycles. The van der Waals surface area contributed by atoms with Crippen LogP contribution in [0.1, 0.15) is 40.7 Å². The highest BCUT2D eigenvalue weighted by atomic mass is 32.2. The van der Waals surface area contributed by atoms with Gasteiger partial charge in [0.15, 0.2) is 0 Å². The number of hydrogen-bond acceptors (Lipinski definition) is 5. The Morgan fingerprint density at radius 3 is 2.61 bits per heavy atom. The summed E-state index contributed by atoms with van der Waals surface area (Å²) in [4.78, 5) is 14.8. The minimum atomic E-state index is -3.71. The molecular weight excluding hydrogens is 432 g/mol. The molecule has 1 aliphatic heterocycles. The third-order valence-electron chi connectivity index (χ3n) is 5.24. The van der Waals surface area contributed by atoms with E-state index in [0.717, 1.165) is 25.0 Å². The van der Waals surface area contributed by atoms with Gasteiger partial charge in [0.1, 0.15) is 5.75 Å². The maximum atomic E-state index is 12.9. The van der Waals surface area contributed by atoms with Crippen LogP contribution in [0.25, 0.3) is 0 Å². The molecule has 1 amide bonds. The zero-order valence-electron chi connectivity index (χ0n) is 18.1. The number of benzene rings is 2. The van der Waals surface area contributed by atoms with E-state index in [1.165, 1.54) is 30.4 Å². The Labute approximate surface area is 189 Å². The number of hydrogen-bond donors (Lipinski definition) is 1. The first-order chi connectivity index (χ1) is 14.9. The second-order valence-corrected chi connectivity index (χ2v) is 10.5. The van der Waals surface area contributed by atoms with Gasteiger partial charge in [0.2, 0.25) is 10.0 Å².